The van der Waals surface area contributed by atoms with Gasteiger partial charge >= 0.3 is 5.97 Å². The first-order valence-corrected chi connectivity index (χ1v) is 9.64. The van der Waals surface area contributed by atoms with Crippen LogP contribution in [-0.4, -0.2) is 48.6 Å². The van der Waals surface area contributed by atoms with Gasteiger partial charge in [-0.2, -0.15) is 0 Å². The molecule has 2 rings (SSSR count). The second-order valence-electron chi connectivity index (χ2n) is 7.50. The number of hydrogen-bond donors (Lipinski definition) is 1. The number of rotatable bonds is 7. The van der Waals surface area contributed by atoms with Gasteiger partial charge in [-0.3, -0.25) is 4.79 Å². The number of nitrogens with zero attached hydrogens (tertiary/aromatic N) is 1. The summed E-state index contributed by atoms with van der Waals surface area (Å²) in [6.45, 7) is 6.84. The molecular weight excluding hydrogens is 328 g/mol. The van der Waals surface area contributed by atoms with Crippen LogP contribution in [-0.2, 0) is 20.7 Å². The lowest BCUT2D eigenvalue weighted by atomic mass is 10.00. The molecule has 0 aromatic heterocycles. The molecule has 0 bridgehead atoms. The van der Waals surface area contributed by atoms with E-state index in [2.05, 4.69) is 26.1 Å². The van der Waals surface area contributed by atoms with Crippen molar-refractivity contribution in [2.75, 3.05) is 13.7 Å². The van der Waals surface area contributed by atoms with Crippen molar-refractivity contribution in [1.82, 2.24) is 10.2 Å². The van der Waals surface area contributed by atoms with Crippen molar-refractivity contribution in [2.45, 2.75) is 64.6 Å². The van der Waals surface area contributed by atoms with Crippen molar-refractivity contribution in [3.8, 4) is 0 Å². The van der Waals surface area contributed by atoms with Crippen molar-refractivity contribution >= 4 is 11.9 Å². The molecule has 1 aromatic rings. The molecule has 0 spiro atoms. The van der Waals surface area contributed by atoms with Gasteiger partial charge in [0.2, 0.25) is 5.91 Å². The van der Waals surface area contributed by atoms with Crippen LogP contribution in [0.5, 0.6) is 0 Å². The second-order valence-corrected chi connectivity index (χ2v) is 7.50. The molecule has 1 aliphatic heterocycles. The summed E-state index contributed by atoms with van der Waals surface area (Å²) in [7, 11) is 1.40. The maximum atomic E-state index is 13.3. The quantitative estimate of drug-likeness (QED) is 0.760. The summed E-state index contributed by atoms with van der Waals surface area (Å²) in [6, 6.07) is 9.47. The molecule has 0 aliphatic carbocycles. The number of nitrogens with one attached hydrogen (secondary N) is 1. The van der Waals surface area contributed by atoms with E-state index in [4.69, 9.17) is 4.74 Å². The van der Waals surface area contributed by atoms with Crippen LogP contribution in [0.1, 0.15) is 45.6 Å². The zero-order valence-corrected chi connectivity index (χ0v) is 16.4. The van der Waals surface area contributed by atoms with Crippen LogP contribution in [0.3, 0.4) is 0 Å². The molecule has 5 heteroatoms. The summed E-state index contributed by atoms with van der Waals surface area (Å²) in [5, 5.41) is 3.52. The normalized spacial score (nSPS) is 22.2. The number of carbonyl (C=O) groups is 2. The Hall–Kier alpha value is -1.88. The van der Waals surface area contributed by atoms with Gasteiger partial charge in [-0.15, -0.1) is 0 Å². The van der Waals surface area contributed by atoms with Gasteiger partial charge in [-0.1, -0.05) is 51.1 Å². The Morgan fingerprint density at radius 2 is 2.00 bits per heavy atom. The predicted molar refractivity (Wildman–Crippen MR) is 103 cm³/mol. The molecule has 1 amide bonds. The van der Waals surface area contributed by atoms with Crippen LogP contribution in [0.2, 0.25) is 0 Å². The number of carbonyl (C=O) groups excluding carboxylic acids is 2. The molecule has 1 heterocycles. The topological polar surface area (TPSA) is 58.6 Å². The Balaban J connectivity index is 2.26. The summed E-state index contributed by atoms with van der Waals surface area (Å²) in [5.74, 6) is -0.0148. The zero-order valence-electron chi connectivity index (χ0n) is 16.4. The van der Waals surface area contributed by atoms with E-state index >= 15 is 0 Å². The van der Waals surface area contributed by atoms with Gasteiger partial charge in [0.1, 0.15) is 6.04 Å². The lowest BCUT2D eigenvalue weighted by Gasteiger charge is -2.31. The van der Waals surface area contributed by atoms with E-state index < -0.39 is 6.04 Å². The highest BCUT2D eigenvalue weighted by Crippen LogP contribution is 2.20. The van der Waals surface area contributed by atoms with Gasteiger partial charge in [0.25, 0.3) is 0 Å². The van der Waals surface area contributed by atoms with Crippen LogP contribution in [0, 0.1) is 5.92 Å². The lowest BCUT2D eigenvalue weighted by molar-refractivity contribution is -0.154. The molecule has 1 N–H and O–H groups in total. The molecule has 0 saturated carbocycles. The number of ether oxygens (including phenoxy) is 1. The first kappa shape index (κ1) is 20.4. The van der Waals surface area contributed by atoms with Crippen LogP contribution in [0.25, 0.3) is 0 Å². The van der Waals surface area contributed by atoms with Gasteiger partial charge in [0.15, 0.2) is 0 Å². The van der Waals surface area contributed by atoms with E-state index in [9.17, 15) is 9.59 Å². The standard InChI is InChI=1S/C21H32N2O3/c1-5-17-11-12-23(19(13-15(2)3)21(25)26-4)20(24)18(22-17)14-16-9-7-6-8-10-16/h6-10,15,17-19,22H,5,11-14H2,1-4H3/t17-,18+,19+/m1/s1. The number of benzene rings is 1. The van der Waals surface area contributed by atoms with Gasteiger partial charge in [0.05, 0.1) is 13.2 Å². The maximum absolute atomic E-state index is 13.3. The number of amides is 1. The highest BCUT2D eigenvalue weighted by molar-refractivity contribution is 5.88. The summed E-state index contributed by atoms with van der Waals surface area (Å²) in [4.78, 5) is 27.4. The monoisotopic (exact) mass is 360 g/mol. The zero-order chi connectivity index (χ0) is 19.1. The minimum absolute atomic E-state index is 0.000790. The molecule has 5 nitrogen and oxygen atoms in total. The fourth-order valence-electron chi connectivity index (χ4n) is 3.61. The van der Waals surface area contributed by atoms with Crippen molar-refractivity contribution in [3.63, 3.8) is 0 Å². The van der Waals surface area contributed by atoms with Crippen molar-refractivity contribution < 1.29 is 14.3 Å². The van der Waals surface area contributed by atoms with Crippen molar-refractivity contribution in [1.29, 1.82) is 0 Å². The van der Waals surface area contributed by atoms with E-state index in [1.807, 2.05) is 30.3 Å². The molecule has 0 radical (unpaired) electrons. The first-order chi connectivity index (χ1) is 12.5. The molecular formula is C21H32N2O3. The lowest BCUT2D eigenvalue weighted by Crippen LogP contribution is -2.52. The highest BCUT2D eigenvalue weighted by atomic mass is 16.5. The summed E-state index contributed by atoms with van der Waals surface area (Å²) < 4.78 is 5.01. The minimum Gasteiger partial charge on any atom is -0.467 e. The molecule has 1 aliphatic rings. The molecule has 1 saturated heterocycles. The summed E-state index contributed by atoms with van der Waals surface area (Å²) in [5.41, 5.74) is 1.12. The third-order valence-electron chi connectivity index (χ3n) is 5.06. The number of methoxy groups -OCH3 is 1. The molecule has 1 fully saturated rings. The van der Waals surface area contributed by atoms with E-state index in [1.165, 1.54) is 7.11 Å². The predicted octanol–water partition coefficient (Wildman–Crippen LogP) is 2.79. The van der Waals surface area contributed by atoms with Crippen LogP contribution in [0.4, 0.5) is 0 Å². The third kappa shape index (κ3) is 5.31. The molecule has 3 atom stereocenters. The summed E-state index contributed by atoms with van der Waals surface area (Å²) >= 11 is 0. The average molecular weight is 360 g/mol. The molecule has 1 aromatic carbocycles. The van der Waals surface area contributed by atoms with E-state index in [1.54, 1.807) is 4.90 Å². The van der Waals surface area contributed by atoms with Gasteiger partial charge in [0, 0.05) is 12.6 Å². The van der Waals surface area contributed by atoms with Crippen molar-refractivity contribution in [2.24, 2.45) is 5.92 Å². The van der Waals surface area contributed by atoms with Gasteiger partial charge in [-0.05, 0) is 37.2 Å². The number of hydrogen-bond acceptors (Lipinski definition) is 4. The molecule has 26 heavy (non-hydrogen) atoms. The smallest absolute Gasteiger partial charge is 0.328 e. The Bertz CT molecular complexity index is 588. The number of esters is 1. The van der Waals surface area contributed by atoms with Crippen molar-refractivity contribution in [3.05, 3.63) is 35.9 Å². The largest absolute Gasteiger partial charge is 0.467 e. The van der Waals surface area contributed by atoms with Crippen LogP contribution in [0.15, 0.2) is 30.3 Å². The van der Waals surface area contributed by atoms with E-state index in [0.717, 1.165) is 18.4 Å². The Labute approximate surface area is 157 Å². The van der Waals surface area contributed by atoms with Crippen LogP contribution >= 0.6 is 0 Å². The Morgan fingerprint density at radius 1 is 1.31 bits per heavy atom. The Kier molecular flexibility index (Phi) is 7.64. The van der Waals surface area contributed by atoms with E-state index in [0.29, 0.717) is 25.3 Å². The fourth-order valence-corrected chi connectivity index (χ4v) is 3.61. The Morgan fingerprint density at radius 3 is 2.58 bits per heavy atom. The average Bonchev–Trinajstić information content (AvgIpc) is 2.79. The summed E-state index contributed by atoms with van der Waals surface area (Å²) in [6.07, 6.45) is 3.05. The van der Waals surface area contributed by atoms with Crippen LogP contribution < -0.4 is 5.32 Å². The van der Waals surface area contributed by atoms with Gasteiger partial charge in [-0.25, -0.2) is 4.79 Å². The SMILES string of the molecule is CC[C@@H]1CCN([C@@H](CC(C)C)C(=O)OC)C(=O)[C@H](Cc2ccccc2)N1. The maximum Gasteiger partial charge on any atom is 0.328 e. The molecule has 144 valence electrons. The molecule has 0 unspecified atom stereocenters. The van der Waals surface area contributed by atoms with Gasteiger partial charge < -0.3 is 15.0 Å². The highest BCUT2D eigenvalue weighted by Gasteiger charge is 2.37. The first-order valence-electron chi connectivity index (χ1n) is 9.64. The van der Waals surface area contributed by atoms with E-state index in [-0.39, 0.29) is 24.0 Å². The minimum atomic E-state index is -0.511. The fraction of sp³-hybridized carbons (Fsp3) is 0.619. The third-order valence-corrected chi connectivity index (χ3v) is 5.06. The second kappa shape index (κ2) is 9.72.